The second-order valence-electron chi connectivity index (χ2n) is 6.32. The summed E-state index contributed by atoms with van der Waals surface area (Å²) in [5.41, 5.74) is 1.87. The highest BCUT2D eigenvalue weighted by molar-refractivity contribution is 7.16. The molecular weight excluding hydrogens is 418 g/mol. The van der Waals surface area contributed by atoms with E-state index in [0.717, 1.165) is 10.2 Å². The number of carbonyl (C=O) groups excluding carboxylic acids is 2. The van der Waals surface area contributed by atoms with E-state index < -0.39 is 16.8 Å². The van der Waals surface area contributed by atoms with Crippen molar-refractivity contribution in [3.05, 3.63) is 87.2 Å². The van der Waals surface area contributed by atoms with Gasteiger partial charge < -0.3 is 9.30 Å². The molecule has 0 aliphatic rings. The van der Waals surface area contributed by atoms with Gasteiger partial charge in [0.25, 0.3) is 11.6 Å². The summed E-state index contributed by atoms with van der Waals surface area (Å²) in [6.07, 6.45) is 4.54. The molecule has 3 rings (SSSR count). The highest BCUT2D eigenvalue weighted by Gasteiger charge is 2.11. The number of rotatable bonds is 7. The number of non-ortho nitro benzene ring substituents is 1. The highest BCUT2D eigenvalue weighted by atomic mass is 32.1. The van der Waals surface area contributed by atoms with Gasteiger partial charge in [0.1, 0.15) is 0 Å². The van der Waals surface area contributed by atoms with E-state index in [2.05, 4.69) is 11.6 Å². The Labute approximate surface area is 181 Å². The molecule has 0 unspecified atom stereocenters. The van der Waals surface area contributed by atoms with Crippen LogP contribution in [-0.4, -0.2) is 28.0 Å². The van der Waals surface area contributed by atoms with Crippen LogP contribution < -0.4 is 4.80 Å². The molecule has 0 fully saturated rings. The van der Waals surface area contributed by atoms with Gasteiger partial charge in [-0.25, -0.2) is 4.79 Å². The Morgan fingerprint density at radius 1 is 1.26 bits per heavy atom. The molecule has 0 spiro atoms. The fourth-order valence-electron chi connectivity index (χ4n) is 2.81. The van der Waals surface area contributed by atoms with Crippen molar-refractivity contribution in [3.8, 4) is 0 Å². The number of esters is 1. The molecule has 2 aromatic carbocycles. The van der Waals surface area contributed by atoms with Gasteiger partial charge in [0.2, 0.25) is 0 Å². The number of hydrogen-bond donors (Lipinski definition) is 0. The van der Waals surface area contributed by atoms with Crippen molar-refractivity contribution in [1.82, 2.24) is 4.57 Å². The lowest BCUT2D eigenvalue weighted by Crippen LogP contribution is -2.15. The number of benzene rings is 2. The third-order valence-corrected chi connectivity index (χ3v) is 5.27. The van der Waals surface area contributed by atoms with Gasteiger partial charge in [0.05, 0.1) is 27.3 Å². The average Bonchev–Trinajstić information content (AvgIpc) is 3.09. The van der Waals surface area contributed by atoms with Crippen molar-refractivity contribution in [3.63, 3.8) is 0 Å². The standard InChI is InChI=1S/C22H19N3O5S/c1-3-13-24-18-11-8-16(21(27)30-4-2)14-19(18)31-22(24)23-20(26)12-7-15-5-9-17(10-6-15)25(28)29/h3,5-12,14H,1,4,13H2,2H3. The van der Waals surface area contributed by atoms with Crippen LogP contribution in [0.4, 0.5) is 5.69 Å². The van der Waals surface area contributed by atoms with E-state index in [1.807, 2.05) is 4.57 Å². The van der Waals surface area contributed by atoms with E-state index in [9.17, 15) is 19.7 Å². The molecule has 0 bridgehead atoms. The molecule has 8 nitrogen and oxygen atoms in total. The number of hydrogen-bond acceptors (Lipinski definition) is 6. The number of nitrogens with zero attached hydrogens (tertiary/aromatic N) is 3. The Morgan fingerprint density at radius 3 is 2.65 bits per heavy atom. The summed E-state index contributed by atoms with van der Waals surface area (Å²) >= 11 is 1.28. The quantitative estimate of drug-likeness (QED) is 0.182. The van der Waals surface area contributed by atoms with Crippen molar-refractivity contribution >= 4 is 45.2 Å². The van der Waals surface area contributed by atoms with E-state index in [-0.39, 0.29) is 12.3 Å². The van der Waals surface area contributed by atoms with Crippen LogP contribution in [0.5, 0.6) is 0 Å². The fraction of sp³-hybridized carbons (Fsp3) is 0.136. The summed E-state index contributed by atoms with van der Waals surface area (Å²) in [5.74, 6) is -0.887. The van der Waals surface area contributed by atoms with Crippen LogP contribution in [-0.2, 0) is 16.1 Å². The van der Waals surface area contributed by atoms with Gasteiger partial charge in [0, 0.05) is 24.8 Å². The Morgan fingerprint density at radius 2 is 2.00 bits per heavy atom. The number of thiazole rings is 1. The van der Waals surface area contributed by atoms with Crippen molar-refractivity contribution < 1.29 is 19.2 Å². The number of carbonyl (C=O) groups is 2. The van der Waals surface area contributed by atoms with Gasteiger partial charge in [-0.05, 0) is 48.9 Å². The fourth-order valence-corrected chi connectivity index (χ4v) is 3.90. The Bertz CT molecular complexity index is 1250. The first-order valence-electron chi connectivity index (χ1n) is 9.35. The van der Waals surface area contributed by atoms with E-state index >= 15 is 0 Å². The molecule has 3 aromatic rings. The zero-order valence-corrected chi connectivity index (χ0v) is 17.5. The minimum absolute atomic E-state index is 0.0221. The molecule has 0 N–H and O–H groups in total. The Kier molecular flexibility index (Phi) is 6.88. The maximum atomic E-state index is 12.4. The first-order valence-corrected chi connectivity index (χ1v) is 10.2. The van der Waals surface area contributed by atoms with Crippen LogP contribution in [0.2, 0.25) is 0 Å². The van der Waals surface area contributed by atoms with Crippen molar-refractivity contribution in [2.45, 2.75) is 13.5 Å². The summed E-state index contributed by atoms with van der Waals surface area (Å²) < 4.78 is 7.66. The maximum Gasteiger partial charge on any atom is 0.338 e. The van der Waals surface area contributed by atoms with Crippen LogP contribution in [0.15, 0.2) is 66.2 Å². The summed E-state index contributed by atoms with van der Waals surface area (Å²) in [7, 11) is 0. The predicted molar refractivity (Wildman–Crippen MR) is 119 cm³/mol. The Balaban J connectivity index is 1.92. The number of fused-ring (bicyclic) bond motifs is 1. The number of aromatic nitrogens is 1. The summed E-state index contributed by atoms with van der Waals surface area (Å²) in [4.78, 5) is 39.3. The molecule has 0 radical (unpaired) electrons. The molecular formula is C22H19N3O5S. The van der Waals surface area contributed by atoms with Gasteiger partial charge in [-0.15, -0.1) is 6.58 Å². The second-order valence-corrected chi connectivity index (χ2v) is 7.33. The summed E-state index contributed by atoms with van der Waals surface area (Å²) in [6, 6.07) is 11.0. The second kappa shape index (κ2) is 9.77. The Hall–Kier alpha value is -3.85. The van der Waals surface area contributed by atoms with E-state index in [1.165, 1.54) is 29.5 Å². The molecule has 1 heterocycles. The van der Waals surface area contributed by atoms with Gasteiger partial charge in [-0.2, -0.15) is 4.99 Å². The lowest BCUT2D eigenvalue weighted by molar-refractivity contribution is -0.384. The van der Waals surface area contributed by atoms with Crippen molar-refractivity contribution in [1.29, 1.82) is 0 Å². The van der Waals surface area contributed by atoms with E-state index in [4.69, 9.17) is 4.74 Å². The lowest BCUT2D eigenvalue weighted by atomic mass is 10.2. The molecule has 0 aliphatic heterocycles. The smallest absolute Gasteiger partial charge is 0.338 e. The zero-order chi connectivity index (χ0) is 22.4. The maximum absolute atomic E-state index is 12.4. The van der Waals surface area contributed by atoms with Crippen LogP contribution >= 0.6 is 11.3 Å². The topological polar surface area (TPSA) is 104 Å². The van der Waals surface area contributed by atoms with Gasteiger partial charge in [-0.3, -0.25) is 14.9 Å². The largest absolute Gasteiger partial charge is 0.462 e. The minimum Gasteiger partial charge on any atom is -0.462 e. The van der Waals surface area contributed by atoms with E-state index in [1.54, 1.807) is 49.4 Å². The first kappa shape index (κ1) is 21.8. The third-order valence-electron chi connectivity index (χ3n) is 4.23. The summed E-state index contributed by atoms with van der Waals surface area (Å²) in [6.45, 7) is 6.22. The normalized spacial score (nSPS) is 11.7. The van der Waals surface area contributed by atoms with Crippen LogP contribution in [0.25, 0.3) is 16.3 Å². The molecule has 0 saturated heterocycles. The minimum atomic E-state index is -0.485. The van der Waals surface area contributed by atoms with Gasteiger partial charge >= 0.3 is 5.97 Å². The SMILES string of the molecule is C=CCn1c(=NC(=O)C=Cc2ccc([N+](=O)[O-])cc2)sc2cc(C(=O)OCC)ccc21. The van der Waals surface area contributed by atoms with Crippen molar-refractivity contribution in [2.24, 2.45) is 4.99 Å². The molecule has 0 atom stereocenters. The van der Waals surface area contributed by atoms with Crippen LogP contribution in [0.1, 0.15) is 22.8 Å². The lowest BCUT2D eigenvalue weighted by Gasteiger charge is -2.03. The first-order chi connectivity index (χ1) is 14.9. The molecule has 158 valence electrons. The monoisotopic (exact) mass is 437 g/mol. The highest BCUT2D eigenvalue weighted by Crippen LogP contribution is 2.20. The zero-order valence-electron chi connectivity index (χ0n) is 16.7. The molecule has 0 saturated carbocycles. The number of ether oxygens (including phenoxy) is 1. The molecule has 1 amide bonds. The number of allylic oxidation sites excluding steroid dienone is 1. The molecule has 1 aromatic heterocycles. The van der Waals surface area contributed by atoms with Gasteiger partial charge in [0.15, 0.2) is 4.80 Å². The molecule has 0 aliphatic carbocycles. The van der Waals surface area contributed by atoms with E-state index in [0.29, 0.717) is 22.5 Å². The number of amides is 1. The van der Waals surface area contributed by atoms with Gasteiger partial charge in [-0.1, -0.05) is 17.4 Å². The number of nitro groups is 1. The number of nitro benzene ring substituents is 1. The molecule has 31 heavy (non-hydrogen) atoms. The molecule has 9 heteroatoms. The van der Waals surface area contributed by atoms with Crippen molar-refractivity contribution in [2.75, 3.05) is 6.61 Å². The van der Waals surface area contributed by atoms with Crippen LogP contribution in [0.3, 0.4) is 0 Å². The third kappa shape index (κ3) is 5.20. The average molecular weight is 437 g/mol. The van der Waals surface area contributed by atoms with Crippen LogP contribution in [0, 0.1) is 10.1 Å². The predicted octanol–water partition coefficient (Wildman–Crippen LogP) is 4.11. The summed E-state index contributed by atoms with van der Waals surface area (Å²) in [5, 5.41) is 10.7.